The first kappa shape index (κ1) is 17.9. The Morgan fingerprint density at radius 2 is 2.22 bits per heavy atom. The van der Waals surface area contributed by atoms with E-state index in [0.29, 0.717) is 30.3 Å². The first-order valence-corrected chi connectivity index (χ1v) is 6.59. The van der Waals surface area contributed by atoms with Crippen molar-refractivity contribution in [2.24, 2.45) is 10.8 Å². The number of hydrazone groups is 1. The third-order valence-electron chi connectivity index (χ3n) is 2.49. The molecule has 0 atom stereocenters. The highest BCUT2D eigenvalue weighted by Gasteiger charge is 2.08. The average molecular weight is 318 g/mol. The van der Waals surface area contributed by atoms with Crippen LogP contribution in [0.4, 0.5) is 11.4 Å². The summed E-state index contributed by atoms with van der Waals surface area (Å²) in [6.45, 7) is 2.09. The molecule has 0 aliphatic carbocycles. The lowest BCUT2D eigenvalue weighted by Crippen LogP contribution is -2.22. The smallest absolute Gasteiger partial charge is 0.221 e. The third-order valence-corrected chi connectivity index (χ3v) is 2.49. The first-order chi connectivity index (χ1) is 11.0. The topological polar surface area (TPSA) is 146 Å². The molecule has 0 bridgehead atoms. The van der Waals surface area contributed by atoms with E-state index in [1.165, 1.54) is 6.92 Å². The van der Waals surface area contributed by atoms with Gasteiger partial charge in [0.2, 0.25) is 11.6 Å². The van der Waals surface area contributed by atoms with Crippen molar-refractivity contribution in [2.45, 2.75) is 6.92 Å². The first-order valence-electron chi connectivity index (χ1n) is 6.59. The molecule has 122 valence electrons. The van der Waals surface area contributed by atoms with E-state index in [1.807, 2.05) is 0 Å². The number of nitriles is 1. The zero-order chi connectivity index (χ0) is 17.2. The van der Waals surface area contributed by atoms with E-state index in [9.17, 15) is 4.79 Å². The number of nitrogens with two attached hydrogens (primary N) is 1. The molecule has 0 fully saturated rings. The molecular formula is C14H18N6O3. The SMILES string of the molecule is COCCOc1ccc(NC(C)=O)cc1N/N=C(\C#N)C(=N)N. The molecule has 5 N–H and O–H groups in total. The number of anilines is 2. The molecule has 0 aliphatic heterocycles. The number of carbonyl (C=O) groups excluding carboxylic acids is 1. The van der Waals surface area contributed by atoms with Crippen LogP contribution in [0, 0.1) is 16.7 Å². The van der Waals surface area contributed by atoms with Crippen LogP contribution in [0.3, 0.4) is 0 Å². The average Bonchev–Trinajstić information content (AvgIpc) is 2.49. The number of nitrogens with one attached hydrogen (secondary N) is 3. The predicted octanol–water partition coefficient (Wildman–Crippen LogP) is 0.898. The highest BCUT2D eigenvalue weighted by Crippen LogP contribution is 2.28. The molecule has 1 rings (SSSR count). The number of ether oxygens (including phenoxy) is 2. The summed E-state index contributed by atoms with van der Waals surface area (Å²) in [6, 6.07) is 6.58. The molecule has 1 amide bonds. The van der Waals surface area contributed by atoms with Crippen LogP contribution in [0.5, 0.6) is 5.75 Å². The maximum Gasteiger partial charge on any atom is 0.221 e. The van der Waals surface area contributed by atoms with Crippen molar-refractivity contribution in [3.05, 3.63) is 18.2 Å². The normalized spacial score (nSPS) is 10.6. The van der Waals surface area contributed by atoms with Crippen molar-refractivity contribution >= 4 is 28.8 Å². The molecule has 9 nitrogen and oxygen atoms in total. The summed E-state index contributed by atoms with van der Waals surface area (Å²) in [5.41, 5.74) is 8.50. The van der Waals surface area contributed by atoms with Crippen LogP contribution >= 0.6 is 0 Å². The summed E-state index contributed by atoms with van der Waals surface area (Å²) >= 11 is 0. The van der Waals surface area contributed by atoms with E-state index < -0.39 is 5.84 Å². The zero-order valence-corrected chi connectivity index (χ0v) is 12.8. The number of hydrogen-bond acceptors (Lipinski definition) is 7. The number of rotatable bonds is 8. The van der Waals surface area contributed by atoms with Crippen LogP contribution in [0.25, 0.3) is 0 Å². The monoisotopic (exact) mass is 318 g/mol. The molecule has 0 radical (unpaired) electrons. The van der Waals surface area contributed by atoms with Gasteiger partial charge in [0, 0.05) is 19.7 Å². The Balaban J connectivity index is 3.04. The quantitative estimate of drug-likeness (QED) is 0.242. The molecule has 9 heteroatoms. The largest absolute Gasteiger partial charge is 0.489 e. The van der Waals surface area contributed by atoms with Gasteiger partial charge in [0.25, 0.3) is 0 Å². The van der Waals surface area contributed by atoms with E-state index in [4.69, 9.17) is 25.9 Å². The van der Waals surface area contributed by atoms with Crippen LogP contribution in [-0.2, 0) is 9.53 Å². The van der Waals surface area contributed by atoms with E-state index in [-0.39, 0.29) is 11.6 Å². The van der Waals surface area contributed by atoms with E-state index in [0.717, 1.165) is 0 Å². The Hall–Kier alpha value is -3.12. The summed E-state index contributed by atoms with van der Waals surface area (Å²) in [7, 11) is 1.55. The number of nitrogens with zero attached hydrogens (tertiary/aromatic N) is 2. The van der Waals surface area contributed by atoms with Gasteiger partial charge in [-0.15, -0.1) is 0 Å². The second-order valence-corrected chi connectivity index (χ2v) is 4.33. The Labute approximate surface area is 133 Å². The number of amides is 1. The Morgan fingerprint density at radius 3 is 2.78 bits per heavy atom. The molecule has 0 saturated carbocycles. The van der Waals surface area contributed by atoms with Crippen LogP contribution in [-0.4, -0.2) is 37.8 Å². The van der Waals surface area contributed by atoms with E-state index in [1.54, 1.807) is 31.4 Å². The molecule has 0 aliphatic rings. The van der Waals surface area contributed by atoms with Gasteiger partial charge in [0.1, 0.15) is 24.1 Å². The van der Waals surface area contributed by atoms with Crippen LogP contribution in [0.1, 0.15) is 6.92 Å². The molecule has 1 aromatic carbocycles. The van der Waals surface area contributed by atoms with Crippen LogP contribution in [0.2, 0.25) is 0 Å². The fourth-order valence-corrected chi connectivity index (χ4v) is 1.52. The van der Waals surface area contributed by atoms with Crippen LogP contribution in [0.15, 0.2) is 23.3 Å². The molecule has 1 aromatic rings. The van der Waals surface area contributed by atoms with Gasteiger partial charge in [0.05, 0.1) is 6.61 Å². The van der Waals surface area contributed by atoms with Gasteiger partial charge in [-0.05, 0) is 18.2 Å². The number of carbonyl (C=O) groups is 1. The second kappa shape index (κ2) is 9.01. The molecule has 23 heavy (non-hydrogen) atoms. The summed E-state index contributed by atoms with van der Waals surface area (Å²) in [5, 5.41) is 22.4. The fraction of sp³-hybridized carbons (Fsp3) is 0.286. The van der Waals surface area contributed by atoms with Crippen molar-refractivity contribution in [3.63, 3.8) is 0 Å². The summed E-state index contributed by atoms with van der Waals surface area (Å²) in [6.07, 6.45) is 0. The minimum Gasteiger partial charge on any atom is -0.489 e. The maximum atomic E-state index is 11.1. The highest BCUT2D eigenvalue weighted by atomic mass is 16.5. The molecule has 0 saturated heterocycles. The van der Waals surface area contributed by atoms with Gasteiger partial charge in [-0.25, -0.2) is 0 Å². The number of hydrogen-bond donors (Lipinski definition) is 4. The standard InChI is InChI=1S/C14H18N6O3/c1-9(21)18-10-3-4-13(23-6-5-22-2)11(7-10)19-20-12(8-15)14(16)17/h3-4,7,19H,5-6H2,1-2H3,(H3,16,17)(H,18,21)/b20-12+. The summed E-state index contributed by atoms with van der Waals surface area (Å²) in [4.78, 5) is 11.1. The Morgan fingerprint density at radius 1 is 1.48 bits per heavy atom. The molecule has 0 unspecified atom stereocenters. The summed E-state index contributed by atoms with van der Waals surface area (Å²) < 4.78 is 10.4. The number of amidine groups is 1. The van der Waals surface area contributed by atoms with Gasteiger partial charge >= 0.3 is 0 Å². The van der Waals surface area contributed by atoms with Gasteiger partial charge in [-0.3, -0.25) is 15.6 Å². The lowest BCUT2D eigenvalue weighted by molar-refractivity contribution is -0.114. The van der Waals surface area contributed by atoms with E-state index >= 15 is 0 Å². The zero-order valence-electron chi connectivity index (χ0n) is 12.8. The van der Waals surface area contributed by atoms with Gasteiger partial charge < -0.3 is 20.5 Å². The minimum atomic E-state index is -0.458. The van der Waals surface area contributed by atoms with Crippen LogP contribution < -0.4 is 21.2 Å². The highest BCUT2D eigenvalue weighted by molar-refractivity contribution is 6.45. The predicted molar refractivity (Wildman–Crippen MR) is 86.7 cm³/mol. The molecule has 0 heterocycles. The lowest BCUT2D eigenvalue weighted by Gasteiger charge is -2.13. The van der Waals surface area contributed by atoms with Crippen molar-refractivity contribution in [3.8, 4) is 11.8 Å². The third kappa shape index (κ3) is 6.03. The van der Waals surface area contributed by atoms with Gasteiger partial charge in [-0.1, -0.05) is 0 Å². The maximum absolute atomic E-state index is 11.1. The van der Waals surface area contributed by atoms with Crippen molar-refractivity contribution in [1.29, 1.82) is 10.7 Å². The Bertz CT molecular complexity index is 650. The minimum absolute atomic E-state index is 0.228. The molecule has 0 spiro atoms. The van der Waals surface area contributed by atoms with Crippen molar-refractivity contribution < 1.29 is 14.3 Å². The number of methoxy groups -OCH3 is 1. The molecule has 0 aromatic heterocycles. The van der Waals surface area contributed by atoms with Crippen molar-refractivity contribution in [2.75, 3.05) is 31.1 Å². The summed E-state index contributed by atoms with van der Waals surface area (Å²) in [5.74, 6) is -0.241. The van der Waals surface area contributed by atoms with Gasteiger partial charge in [0.15, 0.2) is 5.84 Å². The second-order valence-electron chi connectivity index (χ2n) is 4.33. The van der Waals surface area contributed by atoms with Crippen molar-refractivity contribution in [1.82, 2.24) is 0 Å². The van der Waals surface area contributed by atoms with Gasteiger partial charge in [-0.2, -0.15) is 10.4 Å². The fourth-order valence-electron chi connectivity index (χ4n) is 1.52. The lowest BCUT2D eigenvalue weighted by atomic mass is 10.2. The number of benzene rings is 1. The molecular weight excluding hydrogens is 300 g/mol. The Kier molecular flexibility index (Phi) is 7.03. The van der Waals surface area contributed by atoms with E-state index in [2.05, 4.69) is 15.8 Å².